The van der Waals surface area contributed by atoms with Crippen molar-refractivity contribution in [1.82, 2.24) is 4.98 Å². The predicted octanol–water partition coefficient (Wildman–Crippen LogP) is 3.91. The van der Waals surface area contributed by atoms with Crippen molar-refractivity contribution in [1.29, 1.82) is 0 Å². The molecule has 112 valence electrons. The monoisotopic (exact) mass is 317 g/mol. The van der Waals surface area contributed by atoms with Gasteiger partial charge < -0.3 is 9.84 Å². The molecular weight excluding hydrogens is 307 g/mol. The van der Waals surface area contributed by atoms with Crippen molar-refractivity contribution in [3.05, 3.63) is 58.9 Å². The highest BCUT2D eigenvalue weighted by Crippen LogP contribution is 2.26. The average molecular weight is 318 g/mol. The van der Waals surface area contributed by atoms with Crippen LogP contribution in [0.2, 0.25) is 5.02 Å². The summed E-state index contributed by atoms with van der Waals surface area (Å²) < 4.78 is 39.9. The Labute approximate surface area is 124 Å². The lowest BCUT2D eigenvalue weighted by Crippen LogP contribution is -2.17. The molecule has 1 heterocycles. The maximum atomic E-state index is 12.0. The highest BCUT2D eigenvalue weighted by molar-refractivity contribution is 6.31. The van der Waals surface area contributed by atoms with Crippen LogP contribution in [-0.2, 0) is 6.42 Å². The Balaban J connectivity index is 2.05. The van der Waals surface area contributed by atoms with Gasteiger partial charge in [-0.05, 0) is 29.8 Å². The number of rotatable bonds is 4. The highest BCUT2D eigenvalue weighted by atomic mass is 35.5. The van der Waals surface area contributed by atoms with E-state index in [2.05, 4.69) is 9.72 Å². The molecule has 0 saturated carbocycles. The normalized spacial score (nSPS) is 13.0. The minimum absolute atomic E-state index is 0.184. The number of aromatic nitrogens is 1. The number of aliphatic hydroxyl groups is 1. The lowest BCUT2D eigenvalue weighted by atomic mass is 10.1. The maximum Gasteiger partial charge on any atom is 0.573 e. The molecule has 7 heteroatoms. The van der Waals surface area contributed by atoms with Gasteiger partial charge in [0.15, 0.2) is 0 Å². The van der Waals surface area contributed by atoms with E-state index in [1.54, 1.807) is 12.1 Å². The van der Waals surface area contributed by atoms with Gasteiger partial charge in [0.05, 0.1) is 10.7 Å². The van der Waals surface area contributed by atoms with Crippen LogP contribution < -0.4 is 4.74 Å². The number of aliphatic hydroxyl groups excluding tert-OH is 1. The van der Waals surface area contributed by atoms with E-state index in [9.17, 15) is 18.3 Å². The highest BCUT2D eigenvalue weighted by Gasteiger charge is 2.30. The van der Waals surface area contributed by atoms with Crippen LogP contribution in [-0.4, -0.2) is 16.5 Å². The van der Waals surface area contributed by atoms with Crippen LogP contribution in [0.5, 0.6) is 5.75 Å². The summed E-state index contributed by atoms with van der Waals surface area (Å²) in [4.78, 5) is 3.98. The molecule has 1 aromatic carbocycles. The number of nitrogens with zero attached hydrogens (tertiary/aromatic N) is 1. The van der Waals surface area contributed by atoms with E-state index in [4.69, 9.17) is 11.6 Å². The molecule has 0 spiro atoms. The number of halogens is 4. The van der Waals surface area contributed by atoms with Gasteiger partial charge in [-0.15, -0.1) is 13.2 Å². The Hall–Kier alpha value is -1.79. The van der Waals surface area contributed by atoms with Gasteiger partial charge >= 0.3 is 6.36 Å². The third-order valence-electron chi connectivity index (χ3n) is 2.69. The zero-order chi connectivity index (χ0) is 15.5. The average Bonchev–Trinajstić information content (AvgIpc) is 2.40. The first-order valence-electron chi connectivity index (χ1n) is 5.98. The van der Waals surface area contributed by atoms with Crippen LogP contribution >= 0.6 is 11.6 Å². The summed E-state index contributed by atoms with van der Waals surface area (Å²) in [5.74, 6) is -0.309. The van der Waals surface area contributed by atoms with Gasteiger partial charge in [-0.25, -0.2) is 0 Å². The van der Waals surface area contributed by atoms with Gasteiger partial charge in [0.25, 0.3) is 0 Å². The van der Waals surface area contributed by atoms with Gasteiger partial charge in [-0.1, -0.05) is 23.7 Å². The summed E-state index contributed by atoms with van der Waals surface area (Å²) in [6.07, 6.45) is -3.97. The van der Waals surface area contributed by atoms with E-state index < -0.39 is 12.5 Å². The van der Waals surface area contributed by atoms with Gasteiger partial charge in [0.2, 0.25) is 0 Å². The third-order valence-corrected chi connectivity index (χ3v) is 3.01. The molecule has 1 atom stereocenters. The van der Waals surface area contributed by atoms with Crippen molar-refractivity contribution in [2.24, 2.45) is 0 Å². The Bertz CT molecular complexity index is 602. The molecule has 1 N–H and O–H groups in total. The topological polar surface area (TPSA) is 42.4 Å². The second-order valence-corrected chi connectivity index (χ2v) is 4.69. The van der Waals surface area contributed by atoms with Gasteiger partial charge in [0, 0.05) is 12.6 Å². The van der Waals surface area contributed by atoms with Crippen LogP contribution in [0.25, 0.3) is 0 Å². The lowest BCUT2D eigenvalue weighted by Gasteiger charge is -2.12. The summed E-state index contributed by atoms with van der Waals surface area (Å²) >= 11 is 5.92. The predicted molar refractivity (Wildman–Crippen MR) is 71.0 cm³/mol. The SMILES string of the molecule is OC(Cc1ccc(OC(F)(F)F)cc1)c1ncccc1Cl. The first kappa shape index (κ1) is 15.6. The summed E-state index contributed by atoms with van der Waals surface area (Å²) in [5.41, 5.74) is 0.966. The summed E-state index contributed by atoms with van der Waals surface area (Å²) in [6, 6.07) is 8.52. The fourth-order valence-corrected chi connectivity index (χ4v) is 2.04. The molecule has 0 aliphatic heterocycles. The molecule has 1 aromatic heterocycles. The molecule has 0 bridgehead atoms. The molecule has 0 saturated heterocycles. The largest absolute Gasteiger partial charge is 0.573 e. The van der Waals surface area contributed by atoms with Crippen molar-refractivity contribution in [2.75, 3.05) is 0 Å². The van der Waals surface area contributed by atoms with E-state index in [0.717, 1.165) is 0 Å². The smallest absolute Gasteiger partial charge is 0.406 e. The van der Waals surface area contributed by atoms with Crippen molar-refractivity contribution >= 4 is 11.6 Å². The third kappa shape index (κ3) is 4.61. The Kier molecular flexibility index (Phi) is 4.69. The van der Waals surface area contributed by atoms with E-state index in [-0.39, 0.29) is 12.2 Å². The van der Waals surface area contributed by atoms with Crippen LogP contribution in [0.3, 0.4) is 0 Å². The fraction of sp³-hybridized carbons (Fsp3) is 0.214. The molecule has 0 radical (unpaired) electrons. The van der Waals surface area contributed by atoms with Crippen molar-refractivity contribution in [3.8, 4) is 5.75 Å². The van der Waals surface area contributed by atoms with Crippen LogP contribution in [0.1, 0.15) is 17.4 Å². The molecule has 21 heavy (non-hydrogen) atoms. The lowest BCUT2D eigenvalue weighted by molar-refractivity contribution is -0.274. The molecule has 0 fully saturated rings. The molecule has 1 unspecified atom stereocenters. The van der Waals surface area contributed by atoms with Gasteiger partial charge in [0.1, 0.15) is 11.9 Å². The minimum Gasteiger partial charge on any atom is -0.406 e. The van der Waals surface area contributed by atoms with Crippen LogP contribution in [0.4, 0.5) is 13.2 Å². The summed E-state index contributed by atoms with van der Waals surface area (Å²) in [7, 11) is 0. The number of hydrogen-bond donors (Lipinski definition) is 1. The number of hydrogen-bond acceptors (Lipinski definition) is 3. The minimum atomic E-state index is -4.72. The first-order valence-corrected chi connectivity index (χ1v) is 6.36. The van der Waals surface area contributed by atoms with E-state index in [1.807, 2.05) is 0 Å². The van der Waals surface area contributed by atoms with Gasteiger partial charge in [-0.3, -0.25) is 4.98 Å². The number of pyridine rings is 1. The maximum absolute atomic E-state index is 12.0. The van der Waals surface area contributed by atoms with E-state index in [1.165, 1.54) is 30.5 Å². The Morgan fingerprint density at radius 3 is 2.43 bits per heavy atom. The summed E-state index contributed by atoms with van der Waals surface area (Å²) in [5, 5.41) is 10.4. The first-order chi connectivity index (χ1) is 9.85. The number of alkyl halides is 3. The van der Waals surface area contributed by atoms with Crippen LogP contribution in [0.15, 0.2) is 42.6 Å². The van der Waals surface area contributed by atoms with Gasteiger partial charge in [-0.2, -0.15) is 0 Å². The zero-order valence-corrected chi connectivity index (χ0v) is 11.4. The molecule has 0 aliphatic carbocycles. The Morgan fingerprint density at radius 1 is 1.19 bits per heavy atom. The van der Waals surface area contributed by atoms with Crippen molar-refractivity contribution in [3.63, 3.8) is 0 Å². The van der Waals surface area contributed by atoms with Crippen molar-refractivity contribution < 1.29 is 23.0 Å². The van der Waals surface area contributed by atoms with E-state index >= 15 is 0 Å². The molecule has 3 nitrogen and oxygen atoms in total. The fourth-order valence-electron chi connectivity index (χ4n) is 1.79. The Morgan fingerprint density at radius 2 is 1.86 bits per heavy atom. The number of ether oxygens (including phenoxy) is 1. The standard InChI is InChI=1S/C14H11ClF3NO2/c15-11-2-1-7-19-13(11)12(20)8-9-3-5-10(6-4-9)21-14(16,17)18/h1-7,12,20H,8H2. The molecule has 0 aliphatic rings. The summed E-state index contributed by atoms with van der Waals surface area (Å²) in [6.45, 7) is 0. The van der Waals surface area contributed by atoms with Crippen molar-refractivity contribution in [2.45, 2.75) is 18.9 Å². The van der Waals surface area contributed by atoms with Crippen LogP contribution in [0, 0.1) is 0 Å². The number of benzene rings is 1. The van der Waals surface area contributed by atoms with E-state index in [0.29, 0.717) is 16.3 Å². The molecule has 2 rings (SSSR count). The second kappa shape index (κ2) is 6.32. The molecular formula is C14H11ClF3NO2. The quantitative estimate of drug-likeness (QED) is 0.929. The molecule has 2 aromatic rings. The zero-order valence-electron chi connectivity index (χ0n) is 10.6. The second-order valence-electron chi connectivity index (χ2n) is 4.28. The molecule has 0 amide bonds.